The lowest BCUT2D eigenvalue weighted by Crippen LogP contribution is -2.41. The van der Waals surface area contributed by atoms with Crippen LogP contribution in [0.15, 0.2) is 53.6 Å². The van der Waals surface area contributed by atoms with E-state index in [1.165, 1.54) is 12.7 Å². The molecule has 1 heterocycles. The van der Waals surface area contributed by atoms with Gasteiger partial charge >= 0.3 is 5.97 Å². The van der Waals surface area contributed by atoms with Gasteiger partial charge in [-0.15, -0.1) is 5.10 Å². The molecule has 2 aromatic carbocycles. The van der Waals surface area contributed by atoms with Crippen LogP contribution in [-0.2, 0) is 16.0 Å². The first kappa shape index (κ1) is 16.3. The maximum absolute atomic E-state index is 12.2. The van der Waals surface area contributed by atoms with Crippen LogP contribution in [0, 0.1) is 0 Å². The molecule has 0 atom stereocenters. The van der Waals surface area contributed by atoms with Crippen LogP contribution in [0.4, 0.5) is 11.4 Å². The van der Waals surface area contributed by atoms with Gasteiger partial charge in [-0.2, -0.15) is 0 Å². The Morgan fingerprint density at radius 1 is 1.21 bits per heavy atom. The molecule has 0 saturated heterocycles. The van der Waals surface area contributed by atoms with Crippen LogP contribution in [0.25, 0.3) is 0 Å². The number of nitrogens with one attached hydrogen (secondary N) is 1. The van der Waals surface area contributed by atoms with Crippen molar-refractivity contribution in [2.24, 2.45) is 5.10 Å². The van der Waals surface area contributed by atoms with Crippen molar-refractivity contribution >= 4 is 34.8 Å². The van der Waals surface area contributed by atoms with Crippen molar-refractivity contribution in [2.45, 2.75) is 12.8 Å². The van der Waals surface area contributed by atoms with E-state index in [2.05, 4.69) is 16.6 Å². The molecule has 3 rings (SSSR count). The maximum atomic E-state index is 12.2. The molecule has 0 aromatic heterocycles. The van der Waals surface area contributed by atoms with Gasteiger partial charge in [0.2, 0.25) is 5.84 Å². The zero-order chi connectivity index (χ0) is 16.9. The van der Waals surface area contributed by atoms with E-state index >= 15 is 0 Å². The lowest BCUT2D eigenvalue weighted by Gasteiger charge is -2.30. The molecule has 0 amide bonds. The molecule has 1 aliphatic rings. The number of carbonyl (C=O) groups is 1. The highest BCUT2D eigenvalue weighted by molar-refractivity contribution is 6.41. The first-order valence-corrected chi connectivity index (χ1v) is 8.10. The molecule has 0 fully saturated rings. The number of hydrogen-bond donors (Lipinski definition) is 1. The number of hydrogen-bond acceptors (Lipinski definition) is 4. The van der Waals surface area contributed by atoms with Crippen LogP contribution in [0.5, 0.6) is 0 Å². The number of carbonyl (C=O) groups excluding carboxylic acids is 1. The molecule has 6 heteroatoms. The van der Waals surface area contributed by atoms with Gasteiger partial charge in [0.05, 0.1) is 12.8 Å². The largest absolute Gasteiger partial charge is 0.463 e. The number of aryl methyl sites for hydroxylation is 1. The van der Waals surface area contributed by atoms with Crippen LogP contribution in [0.3, 0.4) is 0 Å². The van der Waals surface area contributed by atoms with E-state index in [-0.39, 0.29) is 5.84 Å². The summed E-state index contributed by atoms with van der Waals surface area (Å²) in [6.07, 6.45) is 1.94. The third-order valence-corrected chi connectivity index (χ3v) is 4.12. The minimum Gasteiger partial charge on any atom is -0.463 e. The van der Waals surface area contributed by atoms with E-state index in [4.69, 9.17) is 16.3 Å². The second kappa shape index (κ2) is 7.36. The zero-order valence-electron chi connectivity index (χ0n) is 13.3. The number of anilines is 2. The molecule has 1 N–H and O–H groups in total. The molecule has 0 bridgehead atoms. The average molecular weight is 344 g/mol. The number of benzene rings is 2. The van der Waals surface area contributed by atoms with Gasteiger partial charge in [-0.05, 0) is 48.7 Å². The van der Waals surface area contributed by atoms with Crippen LogP contribution >= 0.6 is 11.6 Å². The summed E-state index contributed by atoms with van der Waals surface area (Å²) in [5.41, 5.74) is 5.84. The van der Waals surface area contributed by atoms with Gasteiger partial charge in [0, 0.05) is 17.3 Å². The van der Waals surface area contributed by atoms with Crippen molar-refractivity contribution in [3.63, 3.8) is 0 Å². The lowest BCUT2D eigenvalue weighted by molar-refractivity contribution is -0.132. The lowest BCUT2D eigenvalue weighted by atomic mass is 10.0. The summed E-state index contributed by atoms with van der Waals surface area (Å²) in [6.45, 7) is 0.716. The molecular weight excluding hydrogens is 326 g/mol. The van der Waals surface area contributed by atoms with Crippen LogP contribution < -0.4 is 10.3 Å². The topological polar surface area (TPSA) is 53.9 Å². The summed E-state index contributed by atoms with van der Waals surface area (Å²) in [6, 6.07) is 15.1. The van der Waals surface area contributed by atoms with Gasteiger partial charge in [0.15, 0.2) is 0 Å². The molecule has 0 radical (unpaired) electrons. The first-order chi connectivity index (χ1) is 11.7. The van der Waals surface area contributed by atoms with E-state index in [1.807, 2.05) is 23.1 Å². The normalized spacial score (nSPS) is 14.1. The van der Waals surface area contributed by atoms with Gasteiger partial charge < -0.3 is 9.64 Å². The van der Waals surface area contributed by atoms with E-state index in [9.17, 15) is 4.79 Å². The van der Waals surface area contributed by atoms with Crippen molar-refractivity contribution in [2.75, 3.05) is 24.0 Å². The maximum Gasteiger partial charge on any atom is 0.376 e. The standard InChI is InChI=1S/C18H18ClN3O2/c1-24-18(23)17(21-20-15-10-8-14(19)9-11-15)22-12-4-6-13-5-2-3-7-16(13)22/h2-3,5,7-11,20H,4,6,12H2,1H3/b21-17+. The Morgan fingerprint density at radius 2 is 1.96 bits per heavy atom. The summed E-state index contributed by atoms with van der Waals surface area (Å²) in [4.78, 5) is 14.1. The minimum atomic E-state index is -0.479. The van der Waals surface area contributed by atoms with Crippen molar-refractivity contribution < 1.29 is 9.53 Å². The molecule has 2 aromatic rings. The first-order valence-electron chi connectivity index (χ1n) is 7.72. The highest BCUT2D eigenvalue weighted by Crippen LogP contribution is 2.27. The third kappa shape index (κ3) is 3.51. The second-order valence-electron chi connectivity index (χ2n) is 5.43. The molecular formula is C18H18ClN3O2. The number of fused-ring (bicyclic) bond motifs is 1. The number of methoxy groups -OCH3 is 1. The molecule has 1 aliphatic heterocycles. The van der Waals surface area contributed by atoms with Gasteiger partial charge in [-0.1, -0.05) is 29.8 Å². The zero-order valence-corrected chi connectivity index (χ0v) is 14.1. The Bertz CT molecular complexity index is 759. The number of esters is 1. The Kier molecular flexibility index (Phi) is 5.01. The van der Waals surface area contributed by atoms with Gasteiger partial charge in [-0.25, -0.2) is 4.79 Å². The number of ether oxygens (including phenoxy) is 1. The van der Waals surface area contributed by atoms with Crippen molar-refractivity contribution in [3.05, 3.63) is 59.1 Å². The predicted molar refractivity (Wildman–Crippen MR) is 96.6 cm³/mol. The fourth-order valence-electron chi connectivity index (χ4n) is 2.70. The molecule has 5 nitrogen and oxygen atoms in total. The number of nitrogens with zero attached hydrogens (tertiary/aromatic N) is 2. The smallest absolute Gasteiger partial charge is 0.376 e. The van der Waals surface area contributed by atoms with Gasteiger partial charge in [0.25, 0.3) is 0 Å². The Hall–Kier alpha value is -2.53. The van der Waals surface area contributed by atoms with Crippen LogP contribution in [0.1, 0.15) is 12.0 Å². The average Bonchev–Trinajstić information content (AvgIpc) is 2.63. The summed E-state index contributed by atoms with van der Waals surface area (Å²) >= 11 is 5.88. The monoisotopic (exact) mass is 343 g/mol. The number of amidine groups is 1. The van der Waals surface area contributed by atoms with Crippen molar-refractivity contribution in [1.29, 1.82) is 0 Å². The molecule has 24 heavy (non-hydrogen) atoms. The van der Waals surface area contributed by atoms with Crippen molar-refractivity contribution in [1.82, 2.24) is 0 Å². The van der Waals surface area contributed by atoms with Crippen LogP contribution in [0.2, 0.25) is 5.02 Å². The molecule has 0 saturated carbocycles. The summed E-state index contributed by atoms with van der Waals surface area (Å²) in [5.74, 6) is -0.243. The van der Waals surface area contributed by atoms with E-state index < -0.39 is 5.97 Å². The van der Waals surface area contributed by atoms with Gasteiger partial charge in [-0.3, -0.25) is 5.43 Å². The van der Waals surface area contributed by atoms with E-state index in [0.29, 0.717) is 11.6 Å². The summed E-state index contributed by atoms with van der Waals surface area (Å²) < 4.78 is 4.92. The highest BCUT2D eigenvalue weighted by Gasteiger charge is 2.26. The number of halogens is 1. The van der Waals surface area contributed by atoms with Crippen molar-refractivity contribution in [3.8, 4) is 0 Å². The molecule has 0 unspecified atom stereocenters. The Morgan fingerprint density at radius 3 is 2.71 bits per heavy atom. The number of rotatable bonds is 2. The minimum absolute atomic E-state index is 0.236. The second-order valence-corrected chi connectivity index (χ2v) is 5.87. The number of hydrazone groups is 1. The molecule has 124 valence electrons. The fourth-order valence-corrected chi connectivity index (χ4v) is 2.83. The Balaban J connectivity index is 1.91. The quantitative estimate of drug-likeness (QED) is 0.391. The number of para-hydroxylation sites is 1. The third-order valence-electron chi connectivity index (χ3n) is 3.87. The Labute approximate surface area is 145 Å². The summed E-state index contributed by atoms with van der Waals surface area (Å²) in [7, 11) is 1.36. The summed E-state index contributed by atoms with van der Waals surface area (Å²) in [5, 5.41) is 4.93. The molecule has 0 spiro atoms. The van der Waals surface area contributed by atoms with Crippen LogP contribution in [-0.4, -0.2) is 25.5 Å². The predicted octanol–water partition coefficient (Wildman–Crippen LogP) is 3.69. The molecule has 0 aliphatic carbocycles. The SMILES string of the molecule is COC(=O)/C(=N\Nc1ccc(Cl)cc1)N1CCCc2ccccc21. The van der Waals surface area contributed by atoms with E-state index in [1.54, 1.807) is 24.3 Å². The van der Waals surface area contributed by atoms with Gasteiger partial charge in [0.1, 0.15) is 0 Å². The fraction of sp³-hybridized carbons (Fsp3) is 0.222. The highest BCUT2D eigenvalue weighted by atomic mass is 35.5. The van der Waals surface area contributed by atoms with E-state index in [0.717, 1.165) is 24.2 Å².